The SMILES string of the molecule is CCN(c1ccc(SC)cc1)C(F)(F)F. The third-order valence-corrected chi connectivity index (χ3v) is 2.75. The monoisotopic (exact) mass is 235 g/mol. The molecule has 0 aliphatic rings. The summed E-state index contributed by atoms with van der Waals surface area (Å²) in [6, 6.07) is 6.36. The lowest BCUT2D eigenvalue weighted by Gasteiger charge is -2.25. The van der Waals surface area contributed by atoms with E-state index in [4.69, 9.17) is 0 Å². The van der Waals surface area contributed by atoms with Gasteiger partial charge in [0.2, 0.25) is 0 Å². The molecule has 0 saturated heterocycles. The molecule has 0 unspecified atom stereocenters. The molecule has 15 heavy (non-hydrogen) atoms. The molecule has 0 atom stereocenters. The molecule has 1 aromatic carbocycles. The van der Waals surface area contributed by atoms with Gasteiger partial charge in [0, 0.05) is 17.1 Å². The Morgan fingerprint density at radius 1 is 1.20 bits per heavy atom. The Bertz CT molecular complexity index is 307. The highest BCUT2D eigenvalue weighted by Crippen LogP contribution is 2.29. The number of anilines is 1. The summed E-state index contributed by atoms with van der Waals surface area (Å²) in [4.78, 5) is 1.37. The minimum absolute atomic E-state index is 0.0812. The van der Waals surface area contributed by atoms with E-state index in [9.17, 15) is 13.2 Å². The van der Waals surface area contributed by atoms with Crippen molar-refractivity contribution in [3.05, 3.63) is 24.3 Å². The summed E-state index contributed by atoms with van der Waals surface area (Å²) in [6.45, 7) is 1.40. The van der Waals surface area contributed by atoms with Gasteiger partial charge in [-0.15, -0.1) is 11.8 Å². The van der Waals surface area contributed by atoms with E-state index in [2.05, 4.69) is 0 Å². The van der Waals surface area contributed by atoms with Gasteiger partial charge >= 0.3 is 6.30 Å². The number of alkyl halides is 3. The van der Waals surface area contributed by atoms with Gasteiger partial charge in [-0.1, -0.05) is 0 Å². The molecule has 5 heteroatoms. The van der Waals surface area contributed by atoms with Crippen LogP contribution in [-0.2, 0) is 0 Å². The van der Waals surface area contributed by atoms with Crippen LogP contribution in [0.2, 0.25) is 0 Å². The standard InChI is InChI=1S/C10H12F3NS/c1-3-14(10(11,12)13)8-4-6-9(15-2)7-5-8/h4-7H,3H2,1-2H3. The number of thioether (sulfide) groups is 1. The highest BCUT2D eigenvalue weighted by molar-refractivity contribution is 7.98. The molecule has 1 rings (SSSR count). The maximum atomic E-state index is 12.5. The highest BCUT2D eigenvalue weighted by atomic mass is 32.2. The fraction of sp³-hybridized carbons (Fsp3) is 0.400. The first-order valence-electron chi connectivity index (χ1n) is 4.47. The van der Waals surface area contributed by atoms with Crippen molar-refractivity contribution < 1.29 is 13.2 Å². The van der Waals surface area contributed by atoms with Gasteiger partial charge in [0.1, 0.15) is 0 Å². The summed E-state index contributed by atoms with van der Waals surface area (Å²) in [5, 5.41) is 0. The van der Waals surface area contributed by atoms with E-state index >= 15 is 0 Å². The maximum Gasteiger partial charge on any atom is 0.484 e. The first-order valence-corrected chi connectivity index (χ1v) is 5.70. The lowest BCUT2D eigenvalue weighted by atomic mass is 10.3. The van der Waals surface area contributed by atoms with E-state index in [0.717, 1.165) is 4.90 Å². The minimum atomic E-state index is -4.31. The van der Waals surface area contributed by atoms with Crippen LogP contribution in [0.5, 0.6) is 0 Å². The van der Waals surface area contributed by atoms with Gasteiger partial charge in [-0.25, -0.2) is 0 Å². The second-order valence-corrected chi connectivity index (χ2v) is 3.79. The van der Waals surface area contributed by atoms with Crippen LogP contribution in [0, 0.1) is 0 Å². The molecule has 0 N–H and O–H groups in total. The molecule has 84 valence electrons. The lowest BCUT2D eigenvalue weighted by Crippen LogP contribution is -2.37. The molecule has 0 heterocycles. The van der Waals surface area contributed by atoms with Gasteiger partial charge in [0.05, 0.1) is 0 Å². The van der Waals surface area contributed by atoms with E-state index in [1.54, 1.807) is 12.1 Å². The van der Waals surface area contributed by atoms with Crippen LogP contribution in [0.3, 0.4) is 0 Å². The molecule has 0 bridgehead atoms. The van der Waals surface area contributed by atoms with E-state index in [-0.39, 0.29) is 12.2 Å². The number of hydrogen-bond acceptors (Lipinski definition) is 2. The molecule has 0 amide bonds. The summed E-state index contributed by atoms with van der Waals surface area (Å²) in [5.74, 6) is 0. The van der Waals surface area contributed by atoms with Crippen molar-refractivity contribution in [1.82, 2.24) is 0 Å². The molecule has 0 aliphatic carbocycles. The predicted molar refractivity (Wildman–Crippen MR) is 57.3 cm³/mol. The zero-order valence-corrected chi connectivity index (χ0v) is 9.32. The normalized spacial score (nSPS) is 11.5. The third kappa shape index (κ3) is 3.06. The Labute approximate surface area is 91.3 Å². The summed E-state index contributed by atoms with van der Waals surface area (Å²) < 4.78 is 37.5. The average Bonchev–Trinajstić information content (AvgIpc) is 2.18. The van der Waals surface area contributed by atoms with Crippen molar-refractivity contribution in [2.45, 2.75) is 18.1 Å². The van der Waals surface area contributed by atoms with E-state index in [0.29, 0.717) is 4.90 Å². The smallest absolute Gasteiger partial charge is 0.284 e. The van der Waals surface area contributed by atoms with Crippen molar-refractivity contribution >= 4 is 17.4 Å². The fourth-order valence-electron chi connectivity index (χ4n) is 1.27. The van der Waals surface area contributed by atoms with E-state index < -0.39 is 6.30 Å². The molecule has 0 radical (unpaired) electrons. The molecular weight excluding hydrogens is 223 g/mol. The molecule has 0 fully saturated rings. The average molecular weight is 235 g/mol. The van der Waals surface area contributed by atoms with Gasteiger partial charge in [-0.05, 0) is 37.4 Å². The summed E-state index contributed by atoms with van der Waals surface area (Å²) in [7, 11) is 0. The largest absolute Gasteiger partial charge is 0.484 e. The quantitative estimate of drug-likeness (QED) is 0.579. The third-order valence-electron chi connectivity index (χ3n) is 2.01. The predicted octanol–water partition coefficient (Wildman–Crippen LogP) is 3.75. The van der Waals surface area contributed by atoms with Crippen molar-refractivity contribution in [3.8, 4) is 0 Å². The first kappa shape index (κ1) is 12.2. The van der Waals surface area contributed by atoms with Crippen molar-refractivity contribution in [1.29, 1.82) is 0 Å². The Balaban J connectivity index is 2.93. The number of halogens is 3. The Morgan fingerprint density at radius 2 is 1.73 bits per heavy atom. The van der Waals surface area contributed by atoms with Crippen LogP contribution in [0.1, 0.15) is 6.92 Å². The zero-order chi connectivity index (χ0) is 11.5. The van der Waals surface area contributed by atoms with Crippen LogP contribution in [0.4, 0.5) is 18.9 Å². The van der Waals surface area contributed by atoms with Crippen molar-refractivity contribution in [3.63, 3.8) is 0 Å². The van der Waals surface area contributed by atoms with Crippen LogP contribution in [-0.4, -0.2) is 19.1 Å². The van der Waals surface area contributed by atoms with Crippen molar-refractivity contribution in [2.24, 2.45) is 0 Å². The molecule has 0 saturated carbocycles. The molecule has 1 aromatic rings. The van der Waals surface area contributed by atoms with Gasteiger partial charge in [0.25, 0.3) is 0 Å². The topological polar surface area (TPSA) is 3.24 Å². The van der Waals surface area contributed by atoms with Gasteiger partial charge < -0.3 is 0 Å². The highest BCUT2D eigenvalue weighted by Gasteiger charge is 2.36. The number of nitrogens with zero attached hydrogens (tertiary/aromatic N) is 1. The Hall–Kier alpha value is -0.840. The first-order chi connectivity index (χ1) is 6.99. The molecule has 1 nitrogen and oxygen atoms in total. The second kappa shape index (κ2) is 4.79. The minimum Gasteiger partial charge on any atom is -0.284 e. The van der Waals surface area contributed by atoms with Crippen molar-refractivity contribution in [2.75, 3.05) is 17.7 Å². The molecule has 0 aromatic heterocycles. The van der Waals surface area contributed by atoms with Crippen LogP contribution in [0.25, 0.3) is 0 Å². The maximum absolute atomic E-state index is 12.5. The molecule has 0 spiro atoms. The van der Waals surface area contributed by atoms with E-state index in [1.165, 1.54) is 30.8 Å². The van der Waals surface area contributed by atoms with Crippen LogP contribution < -0.4 is 4.90 Å². The molecular formula is C10H12F3NS. The number of rotatable bonds is 3. The lowest BCUT2D eigenvalue weighted by molar-refractivity contribution is -0.128. The second-order valence-electron chi connectivity index (χ2n) is 2.91. The van der Waals surface area contributed by atoms with Crippen LogP contribution >= 0.6 is 11.8 Å². The van der Waals surface area contributed by atoms with Gasteiger partial charge in [-0.3, -0.25) is 4.90 Å². The van der Waals surface area contributed by atoms with Gasteiger partial charge in [0.15, 0.2) is 0 Å². The zero-order valence-electron chi connectivity index (χ0n) is 8.51. The van der Waals surface area contributed by atoms with E-state index in [1.807, 2.05) is 6.26 Å². The summed E-state index contributed by atoms with van der Waals surface area (Å²) in [5.41, 5.74) is 0.183. The fourth-order valence-corrected chi connectivity index (χ4v) is 1.68. The Kier molecular flexibility index (Phi) is 3.90. The molecule has 0 aliphatic heterocycles. The summed E-state index contributed by atoms with van der Waals surface area (Å²) >= 11 is 1.50. The summed E-state index contributed by atoms with van der Waals surface area (Å²) in [6.07, 6.45) is -2.42. The number of benzene rings is 1. The van der Waals surface area contributed by atoms with Gasteiger partial charge in [-0.2, -0.15) is 13.2 Å². The Morgan fingerprint density at radius 3 is 2.07 bits per heavy atom. The number of hydrogen-bond donors (Lipinski definition) is 0. The van der Waals surface area contributed by atoms with Crippen LogP contribution in [0.15, 0.2) is 29.2 Å².